The third kappa shape index (κ3) is 1.96. The monoisotopic (exact) mass is 272 g/mol. The van der Waals surface area contributed by atoms with E-state index in [0.717, 1.165) is 11.8 Å². The lowest BCUT2D eigenvalue weighted by molar-refractivity contribution is -0.132. The van der Waals surface area contributed by atoms with E-state index in [9.17, 15) is 4.79 Å². The molecular formula is C15H20N4O. The summed E-state index contributed by atoms with van der Waals surface area (Å²) in [6.45, 7) is 0. The van der Waals surface area contributed by atoms with Crippen LogP contribution < -0.4 is 11.1 Å². The van der Waals surface area contributed by atoms with Gasteiger partial charge in [-0.1, -0.05) is 0 Å². The first-order valence-corrected chi connectivity index (χ1v) is 7.57. The van der Waals surface area contributed by atoms with E-state index in [1.165, 1.54) is 38.3 Å². The predicted octanol–water partition coefficient (Wildman–Crippen LogP) is 2.07. The van der Waals surface area contributed by atoms with Crippen molar-refractivity contribution in [2.45, 2.75) is 32.1 Å². The van der Waals surface area contributed by atoms with Gasteiger partial charge < -0.3 is 11.1 Å². The van der Waals surface area contributed by atoms with Gasteiger partial charge in [-0.05, 0) is 55.8 Å². The van der Waals surface area contributed by atoms with Crippen LogP contribution >= 0.6 is 0 Å². The molecular weight excluding hydrogens is 252 g/mol. The molecule has 5 rings (SSSR count). The van der Waals surface area contributed by atoms with E-state index in [4.69, 9.17) is 5.73 Å². The van der Waals surface area contributed by atoms with Gasteiger partial charge >= 0.3 is 0 Å². The van der Waals surface area contributed by atoms with Crippen molar-refractivity contribution in [3.63, 3.8) is 0 Å². The maximum Gasteiger partial charge on any atom is 0.229 e. The maximum atomic E-state index is 12.6. The normalized spacial score (nSPS) is 37.9. The number of nitrogen functional groups attached to an aromatic ring is 1. The van der Waals surface area contributed by atoms with Gasteiger partial charge in [0.25, 0.3) is 0 Å². The van der Waals surface area contributed by atoms with Gasteiger partial charge in [-0.2, -0.15) is 0 Å². The van der Waals surface area contributed by atoms with Gasteiger partial charge in [0.15, 0.2) is 5.82 Å². The lowest BCUT2D eigenvalue weighted by Gasteiger charge is -2.53. The lowest BCUT2D eigenvalue weighted by atomic mass is 9.51. The van der Waals surface area contributed by atoms with Gasteiger partial charge in [0.1, 0.15) is 5.82 Å². The fourth-order valence-corrected chi connectivity index (χ4v) is 5.00. The van der Waals surface area contributed by atoms with Crippen molar-refractivity contribution < 1.29 is 4.79 Å². The number of carbonyl (C=O) groups excluding carboxylic acids is 1. The Morgan fingerprint density at radius 1 is 1.10 bits per heavy atom. The molecule has 0 radical (unpaired) electrons. The van der Waals surface area contributed by atoms with Gasteiger partial charge in [0.2, 0.25) is 5.91 Å². The summed E-state index contributed by atoms with van der Waals surface area (Å²) in [5.41, 5.74) is 5.60. The molecule has 20 heavy (non-hydrogen) atoms. The average molecular weight is 272 g/mol. The highest BCUT2D eigenvalue weighted by Crippen LogP contribution is 2.56. The molecule has 4 saturated carbocycles. The number of amides is 1. The Bertz CT molecular complexity index is 516. The highest BCUT2D eigenvalue weighted by Gasteiger charge is 2.50. The molecule has 4 aliphatic rings. The highest BCUT2D eigenvalue weighted by molar-refractivity contribution is 5.92. The molecule has 5 nitrogen and oxygen atoms in total. The highest BCUT2D eigenvalue weighted by atomic mass is 16.2. The molecule has 0 aliphatic heterocycles. The van der Waals surface area contributed by atoms with Gasteiger partial charge in [0.05, 0.1) is 12.4 Å². The number of nitrogens with two attached hydrogens (primary N) is 1. The van der Waals surface area contributed by atoms with Crippen LogP contribution in [0.1, 0.15) is 32.1 Å². The van der Waals surface area contributed by atoms with Gasteiger partial charge in [-0.3, -0.25) is 9.78 Å². The second-order valence-corrected chi connectivity index (χ2v) is 6.77. The molecule has 1 amide bonds. The SMILES string of the molecule is Nc1cncc(NC(=O)C2C3CC4CC(C3)CC2C4)n1. The molecule has 1 heterocycles. The summed E-state index contributed by atoms with van der Waals surface area (Å²) in [5, 5.41) is 2.92. The van der Waals surface area contributed by atoms with E-state index in [1.54, 1.807) is 6.20 Å². The van der Waals surface area contributed by atoms with Crippen LogP contribution in [-0.2, 0) is 4.79 Å². The number of nitrogens with zero attached hydrogens (tertiary/aromatic N) is 2. The number of rotatable bonds is 2. The fourth-order valence-electron chi connectivity index (χ4n) is 5.00. The van der Waals surface area contributed by atoms with Crippen LogP contribution in [0.3, 0.4) is 0 Å². The summed E-state index contributed by atoms with van der Waals surface area (Å²) in [7, 11) is 0. The second-order valence-electron chi connectivity index (χ2n) is 6.77. The minimum atomic E-state index is 0.124. The number of nitrogens with one attached hydrogen (secondary N) is 1. The number of hydrogen-bond acceptors (Lipinski definition) is 4. The van der Waals surface area contributed by atoms with Crippen molar-refractivity contribution in [2.24, 2.45) is 29.6 Å². The lowest BCUT2D eigenvalue weighted by Crippen LogP contribution is -2.49. The Kier molecular flexibility index (Phi) is 2.69. The quantitative estimate of drug-likeness (QED) is 0.863. The van der Waals surface area contributed by atoms with E-state index in [1.807, 2.05) is 0 Å². The summed E-state index contributed by atoms with van der Waals surface area (Å²) in [5.74, 6) is 4.05. The molecule has 0 saturated heterocycles. The molecule has 0 unspecified atom stereocenters. The summed E-state index contributed by atoms with van der Waals surface area (Å²) < 4.78 is 0. The van der Waals surface area contributed by atoms with Crippen molar-refractivity contribution in [2.75, 3.05) is 11.1 Å². The summed E-state index contributed by atoms with van der Waals surface area (Å²) in [6.07, 6.45) is 9.42. The van der Waals surface area contributed by atoms with Gasteiger partial charge in [0, 0.05) is 5.92 Å². The molecule has 1 aromatic rings. The number of carbonyl (C=O) groups is 1. The number of hydrogen-bond donors (Lipinski definition) is 2. The van der Waals surface area contributed by atoms with Gasteiger partial charge in [-0.15, -0.1) is 0 Å². The zero-order chi connectivity index (χ0) is 13.7. The van der Waals surface area contributed by atoms with E-state index in [0.29, 0.717) is 23.5 Å². The molecule has 4 bridgehead atoms. The van der Waals surface area contributed by atoms with E-state index in [2.05, 4.69) is 15.3 Å². The topological polar surface area (TPSA) is 80.9 Å². The van der Waals surface area contributed by atoms with Crippen LogP contribution in [-0.4, -0.2) is 15.9 Å². The van der Waals surface area contributed by atoms with E-state index < -0.39 is 0 Å². The largest absolute Gasteiger partial charge is 0.382 e. The molecule has 1 aromatic heterocycles. The fraction of sp³-hybridized carbons (Fsp3) is 0.667. The molecule has 4 aliphatic carbocycles. The van der Waals surface area contributed by atoms with E-state index in [-0.39, 0.29) is 11.8 Å². The first-order valence-electron chi connectivity index (χ1n) is 7.57. The van der Waals surface area contributed by atoms with Crippen molar-refractivity contribution >= 4 is 17.5 Å². The Hall–Kier alpha value is -1.65. The molecule has 3 N–H and O–H groups in total. The smallest absolute Gasteiger partial charge is 0.229 e. The van der Waals surface area contributed by atoms with Crippen LogP contribution in [0, 0.1) is 29.6 Å². The average Bonchev–Trinajstić information content (AvgIpc) is 2.37. The first-order chi connectivity index (χ1) is 9.69. The van der Waals surface area contributed by atoms with Crippen LogP contribution in [0.4, 0.5) is 11.6 Å². The molecule has 4 fully saturated rings. The molecule has 5 heteroatoms. The summed E-state index contributed by atoms with van der Waals surface area (Å²) in [4.78, 5) is 20.7. The predicted molar refractivity (Wildman–Crippen MR) is 75.6 cm³/mol. The Morgan fingerprint density at radius 2 is 1.75 bits per heavy atom. The summed E-state index contributed by atoms with van der Waals surface area (Å²) >= 11 is 0. The standard InChI is InChI=1S/C15H20N4O/c16-12-6-17-7-13(18-12)19-15(20)14-10-2-8-1-9(4-10)5-11(14)3-8/h6-11,14H,1-5H2,(H3,16,18,19,20). The molecule has 106 valence electrons. The Morgan fingerprint density at radius 3 is 2.35 bits per heavy atom. The molecule has 0 aromatic carbocycles. The minimum absolute atomic E-state index is 0.124. The Labute approximate surface area is 118 Å². The molecule has 0 spiro atoms. The Balaban J connectivity index is 1.51. The maximum absolute atomic E-state index is 12.6. The number of aromatic nitrogens is 2. The third-order valence-corrected chi connectivity index (χ3v) is 5.43. The van der Waals surface area contributed by atoms with Crippen molar-refractivity contribution in [3.05, 3.63) is 12.4 Å². The zero-order valence-corrected chi connectivity index (χ0v) is 11.5. The van der Waals surface area contributed by atoms with E-state index >= 15 is 0 Å². The van der Waals surface area contributed by atoms with Crippen LogP contribution in [0.5, 0.6) is 0 Å². The second kappa shape index (κ2) is 4.43. The van der Waals surface area contributed by atoms with Crippen LogP contribution in [0.15, 0.2) is 12.4 Å². The van der Waals surface area contributed by atoms with Crippen LogP contribution in [0.2, 0.25) is 0 Å². The van der Waals surface area contributed by atoms with Crippen molar-refractivity contribution in [1.29, 1.82) is 0 Å². The van der Waals surface area contributed by atoms with Crippen molar-refractivity contribution in [1.82, 2.24) is 9.97 Å². The van der Waals surface area contributed by atoms with Crippen molar-refractivity contribution in [3.8, 4) is 0 Å². The number of anilines is 2. The van der Waals surface area contributed by atoms with Gasteiger partial charge in [-0.25, -0.2) is 4.98 Å². The summed E-state index contributed by atoms with van der Waals surface area (Å²) in [6, 6.07) is 0. The zero-order valence-electron chi connectivity index (χ0n) is 11.5. The third-order valence-electron chi connectivity index (χ3n) is 5.43. The first kappa shape index (κ1) is 12.1. The molecule has 0 atom stereocenters. The minimum Gasteiger partial charge on any atom is -0.382 e. The van der Waals surface area contributed by atoms with Crippen LogP contribution in [0.25, 0.3) is 0 Å².